The molecule has 0 aromatic heterocycles. The van der Waals surface area contributed by atoms with E-state index >= 15 is 0 Å². The zero-order chi connectivity index (χ0) is 12.8. The SMILES string of the molecule is CN(CCCN)S(=O)(=O)NCCC(F)(F)F. The first kappa shape index (κ1) is 15.6. The van der Waals surface area contributed by atoms with Crippen molar-refractivity contribution in [2.75, 3.05) is 26.7 Å². The number of rotatable bonds is 7. The molecule has 0 saturated carbocycles. The number of halogens is 3. The van der Waals surface area contributed by atoms with E-state index in [-0.39, 0.29) is 6.54 Å². The van der Waals surface area contributed by atoms with Crippen molar-refractivity contribution < 1.29 is 21.6 Å². The second-order valence-electron chi connectivity index (χ2n) is 3.23. The standard InChI is InChI=1S/C7H16F3N3O2S/c1-13(6-2-4-11)16(14,15)12-5-3-7(8,9)10/h12H,2-6,11H2,1H3. The van der Waals surface area contributed by atoms with E-state index in [1.165, 1.54) is 7.05 Å². The van der Waals surface area contributed by atoms with Crippen molar-refractivity contribution in [2.24, 2.45) is 5.73 Å². The number of nitrogens with one attached hydrogen (secondary N) is 1. The lowest BCUT2D eigenvalue weighted by Gasteiger charge is -2.17. The minimum atomic E-state index is -4.36. The van der Waals surface area contributed by atoms with E-state index < -0.39 is 29.4 Å². The van der Waals surface area contributed by atoms with Gasteiger partial charge in [-0.1, -0.05) is 0 Å². The summed E-state index contributed by atoms with van der Waals surface area (Å²) in [7, 11) is -2.54. The van der Waals surface area contributed by atoms with E-state index in [0.717, 1.165) is 4.31 Å². The summed E-state index contributed by atoms with van der Waals surface area (Å²) in [5, 5.41) is 0. The van der Waals surface area contributed by atoms with E-state index in [2.05, 4.69) is 0 Å². The number of hydrogen-bond donors (Lipinski definition) is 2. The first-order valence-corrected chi connectivity index (χ1v) is 6.11. The van der Waals surface area contributed by atoms with Crippen molar-refractivity contribution in [3.05, 3.63) is 0 Å². The summed E-state index contributed by atoms with van der Waals surface area (Å²) < 4.78 is 60.8. The summed E-state index contributed by atoms with van der Waals surface area (Å²) in [6, 6.07) is 0. The largest absolute Gasteiger partial charge is 0.390 e. The first-order chi connectivity index (χ1) is 7.19. The van der Waals surface area contributed by atoms with Gasteiger partial charge >= 0.3 is 6.18 Å². The molecule has 5 nitrogen and oxygen atoms in total. The summed E-state index contributed by atoms with van der Waals surface area (Å²) in [5.74, 6) is 0. The molecule has 0 bridgehead atoms. The fraction of sp³-hybridized carbons (Fsp3) is 1.00. The number of nitrogens with zero attached hydrogens (tertiary/aromatic N) is 1. The normalized spacial score (nSPS) is 13.4. The molecule has 0 spiro atoms. The molecule has 0 aromatic carbocycles. The molecule has 0 heterocycles. The Morgan fingerprint density at radius 1 is 1.38 bits per heavy atom. The average Bonchev–Trinajstić information content (AvgIpc) is 2.11. The van der Waals surface area contributed by atoms with Gasteiger partial charge in [0.1, 0.15) is 0 Å². The Labute approximate surface area is 93.0 Å². The van der Waals surface area contributed by atoms with Gasteiger partial charge in [0.05, 0.1) is 6.42 Å². The van der Waals surface area contributed by atoms with Gasteiger partial charge in [-0.3, -0.25) is 0 Å². The number of nitrogens with two attached hydrogens (primary N) is 1. The van der Waals surface area contributed by atoms with Crippen LogP contribution in [-0.4, -0.2) is 45.6 Å². The molecule has 0 atom stereocenters. The zero-order valence-corrected chi connectivity index (χ0v) is 9.74. The smallest absolute Gasteiger partial charge is 0.330 e. The lowest BCUT2D eigenvalue weighted by atomic mass is 10.4. The van der Waals surface area contributed by atoms with Crippen LogP contribution in [0.25, 0.3) is 0 Å². The molecule has 98 valence electrons. The van der Waals surface area contributed by atoms with Crippen LogP contribution in [0.5, 0.6) is 0 Å². The molecule has 0 aromatic rings. The van der Waals surface area contributed by atoms with Crippen LogP contribution in [0.4, 0.5) is 13.2 Å². The van der Waals surface area contributed by atoms with E-state index in [9.17, 15) is 21.6 Å². The second kappa shape index (κ2) is 6.38. The average molecular weight is 263 g/mol. The van der Waals surface area contributed by atoms with Crippen LogP contribution in [0.3, 0.4) is 0 Å². The highest BCUT2D eigenvalue weighted by molar-refractivity contribution is 7.87. The van der Waals surface area contributed by atoms with Crippen LogP contribution in [0.2, 0.25) is 0 Å². The molecule has 0 saturated heterocycles. The maximum absolute atomic E-state index is 11.8. The van der Waals surface area contributed by atoms with E-state index in [0.29, 0.717) is 13.0 Å². The molecule has 0 radical (unpaired) electrons. The maximum atomic E-state index is 11.8. The second-order valence-corrected chi connectivity index (χ2v) is 5.09. The van der Waals surface area contributed by atoms with Crippen molar-refractivity contribution in [3.63, 3.8) is 0 Å². The molecule has 0 unspecified atom stereocenters. The van der Waals surface area contributed by atoms with Crippen molar-refractivity contribution in [3.8, 4) is 0 Å². The summed E-state index contributed by atoms with van der Waals surface area (Å²) in [5.41, 5.74) is 5.19. The van der Waals surface area contributed by atoms with Gasteiger partial charge in [-0.2, -0.15) is 25.9 Å². The Hall–Kier alpha value is -0.380. The van der Waals surface area contributed by atoms with Crippen molar-refractivity contribution >= 4 is 10.2 Å². The Morgan fingerprint density at radius 3 is 2.38 bits per heavy atom. The minimum absolute atomic E-state index is 0.178. The van der Waals surface area contributed by atoms with Gasteiger partial charge < -0.3 is 5.73 Å². The Balaban J connectivity index is 4.05. The predicted molar refractivity (Wildman–Crippen MR) is 53.9 cm³/mol. The quantitative estimate of drug-likeness (QED) is 0.681. The van der Waals surface area contributed by atoms with Crippen molar-refractivity contribution in [1.82, 2.24) is 9.03 Å². The molecule has 0 aliphatic rings. The third kappa shape index (κ3) is 6.99. The number of hydrogen-bond acceptors (Lipinski definition) is 3. The van der Waals surface area contributed by atoms with Crippen LogP contribution in [-0.2, 0) is 10.2 Å². The van der Waals surface area contributed by atoms with Crippen LogP contribution >= 0.6 is 0 Å². The van der Waals surface area contributed by atoms with E-state index in [4.69, 9.17) is 5.73 Å². The summed E-state index contributed by atoms with van der Waals surface area (Å²) >= 11 is 0. The summed E-state index contributed by atoms with van der Waals surface area (Å²) in [6.07, 6.45) is -5.09. The number of alkyl halides is 3. The summed E-state index contributed by atoms with van der Waals surface area (Å²) in [4.78, 5) is 0. The molecule has 0 amide bonds. The van der Waals surface area contributed by atoms with Gasteiger partial charge in [-0.05, 0) is 13.0 Å². The van der Waals surface area contributed by atoms with Crippen molar-refractivity contribution in [1.29, 1.82) is 0 Å². The van der Waals surface area contributed by atoms with Crippen LogP contribution < -0.4 is 10.5 Å². The lowest BCUT2D eigenvalue weighted by molar-refractivity contribution is -0.132. The highest BCUT2D eigenvalue weighted by Crippen LogP contribution is 2.18. The van der Waals surface area contributed by atoms with E-state index in [1.807, 2.05) is 4.72 Å². The zero-order valence-electron chi connectivity index (χ0n) is 8.92. The highest BCUT2D eigenvalue weighted by Gasteiger charge is 2.27. The van der Waals surface area contributed by atoms with E-state index in [1.54, 1.807) is 0 Å². The molecule has 0 fully saturated rings. The van der Waals surface area contributed by atoms with Crippen molar-refractivity contribution in [2.45, 2.75) is 19.0 Å². The predicted octanol–water partition coefficient (Wildman–Crippen LogP) is 0.0538. The minimum Gasteiger partial charge on any atom is -0.330 e. The molecule has 0 aliphatic carbocycles. The van der Waals surface area contributed by atoms with Gasteiger partial charge in [0.25, 0.3) is 10.2 Å². The molecule has 9 heteroatoms. The van der Waals surface area contributed by atoms with Gasteiger partial charge in [-0.15, -0.1) is 0 Å². The molecule has 3 N–H and O–H groups in total. The van der Waals surface area contributed by atoms with Gasteiger partial charge in [0, 0.05) is 20.1 Å². The van der Waals surface area contributed by atoms with Gasteiger partial charge in [-0.25, -0.2) is 4.72 Å². The third-order valence-electron chi connectivity index (χ3n) is 1.78. The Morgan fingerprint density at radius 2 is 1.94 bits per heavy atom. The van der Waals surface area contributed by atoms with Gasteiger partial charge in [0.2, 0.25) is 0 Å². The maximum Gasteiger partial charge on any atom is 0.390 e. The summed E-state index contributed by atoms with van der Waals surface area (Å²) in [6.45, 7) is -0.154. The highest BCUT2D eigenvalue weighted by atomic mass is 32.2. The van der Waals surface area contributed by atoms with Crippen LogP contribution in [0.1, 0.15) is 12.8 Å². The fourth-order valence-electron chi connectivity index (χ4n) is 0.866. The van der Waals surface area contributed by atoms with Crippen LogP contribution in [0.15, 0.2) is 0 Å². The first-order valence-electron chi connectivity index (χ1n) is 4.67. The molecular weight excluding hydrogens is 247 g/mol. The Bertz CT molecular complexity index is 292. The van der Waals surface area contributed by atoms with Gasteiger partial charge in [0.15, 0.2) is 0 Å². The third-order valence-corrected chi connectivity index (χ3v) is 3.35. The molecule has 0 aliphatic heterocycles. The monoisotopic (exact) mass is 263 g/mol. The molecule has 16 heavy (non-hydrogen) atoms. The molecular formula is C7H16F3N3O2S. The lowest BCUT2D eigenvalue weighted by Crippen LogP contribution is -2.40. The molecule has 0 rings (SSSR count). The fourth-order valence-corrected chi connectivity index (χ4v) is 1.82. The Kier molecular flexibility index (Phi) is 6.23. The van der Waals surface area contributed by atoms with Crippen LogP contribution in [0, 0.1) is 0 Å². The topological polar surface area (TPSA) is 75.4 Å².